The molecule has 1 aliphatic rings. The molecule has 2 N–H and O–H groups in total. The van der Waals surface area contributed by atoms with Gasteiger partial charge in [0, 0.05) is 12.5 Å². The van der Waals surface area contributed by atoms with Gasteiger partial charge in [-0.2, -0.15) is 0 Å². The molecule has 0 aliphatic carbocycles. The fraction of sp³-hybridized carbons (Fsp3) is 0.611. The van der Waals surface area contributed by atoms with E-state index in [2.05, 4.69) is 10.6 Å². The van der Waals surface area contributed by atoms with E-state index in [4.69, 9.17) is 9.47 Å². The van der Waals surface area contributed by atoms with Gasteiger partial charge in [0.2, 0.25) is 5.91 Å². The quantitative estimate of drug-likeness (QED) is 0.783. The van der Waals surface area contributed by atoms with E-state index in [9.17, 15) is 4.79 Å². The van der Waals surface area contributed by atoms with Crippen LogP contribution >= 0.6 is 12.4 Å². The zero-order valence-corrected chi connectivity index (χ0v) is 15.6. The van der Waals surface area contributed by atoms with Gasteiger partial charge in [-0.15, -0.1) is 12.4 Å². The van der Waals surface area contributed by atoms with Crippen molar-refractivity contribution in [2.45, 2.75) is 45.6 Å². The van der Waals surface area contributed by atoms with Crippen molar-refractivity contribution in [3.05, 3.63) is 18.2 Å². The summed E-state index contributed by atoms with van der Waals surface area (Å²) in [6.45, 7) is 6.06. The zero-order chi connectivity index (χ0) is 16.7. The minimum Gasteiger partial charge on any atom is -0.497 e. The minimum atomic E-state index is 0. The number of rotatable bonds is 7. The van der Waals surface area contributed by atoms with Gasteiger partial charge in [0.1, 0.15) is 11.5 Å². The summed E-state index contributed by atoms with van der Waals surface area (Å²) in [5, 5.41) is 6.32. The molecule has 0 radical (unpaired) electrons. The highest BCUT2D eigenvalue weighted by Gasteiger charge is 2.16. The SMILES string of the molecule is COc1ccc(OC(C)C)c(NC(=O)CCC2CCNCC2)c1.Cl. The monoisotopic (exact) mass is 356 g/mol. The molecule has 1 aliphatic heterocycles. The summed E-state index contributed by atoms with van der Waals surface area (Å²) >= 11 is 0. The van der Waals surface area contributed by atoms with Crippen molar-refractivity contribution in [3.8, 4) is 11.5 Å². The Morgan fingerprint density at radius 3 is 2.67 bits per heavy atom. The van der Waals surface area contributed by atoms with Crippen LogP contribution in [0.15, 0.2) is 18.2 Å². The Kier molecular flexibility index (Phi) is 8.93. The Hall–Kier alpha value is -1.46. The molecule has 24 heavy (non-hydrogen) atoms. The molecule has 1 heterocycles. The number of piperidine rings is 1. The fourth-order valence-corrected chi connectivity index (χ4v) is 2.81. The number of anilines is 1. The summed E-state index contributed by atoms with van der Waals surface area (Å²) in [6.07, 6.45) is 3.86. The Bertz CT molecular complexity index is 517. The number of hydrogen-bond acceptors (Lipinski definition) is 4. The standard InChI is InChI=1S/C18H28N2O3.ClH/c1-13(2)23-17-6-5-15(22-3)12-16(17)20-18(21)7-4-14-8-10-19-11-9-14;/h5-6,12-14,19H,4,7-11H2,1-3H3,(H,20,21);1H. The molecule has 0 bridgehead atoms. The van der Waals surface area contributed by atoms with Crippen LogP contribution in [0.25, 0.3) is 0 Å². The van der Waals surface area contributed by atoms with Crippen LogP contribution in [-0.4, -0.2) is 32.2 Å². The smallest absolute Gasteiger partial charge is 0.224 e. The molecule has 1 saturated heterocycles. The van der Waals surface area contributed by atoms with E-state index in [1.165, 1.54) is 0 Å². The molecular weight excluding hydrogens is 328 g/mol. The van der Waals surface area contributed by atoms with Gasteiger partial charge in [0.25, 0.3) is 0 Å². The van der Waals surface area contributed by atoms with Crippen molar-refractivity contribution in [3.63, 3.8) is 0 Å². The molecule has 0 aromatic heterocycles. The molecule has 1 fully saturated rings. The van der Waals surface area contributed by atoms with Crippen molar-refractivity contribution in [1.82, 2.24) is 5.32 Å². The van der Waals surface area contributed by atoms with Crippen LogP contribution in [0.2, 0.25) is 0 Å². The second-order valence-electron chi connectivity index (χ2n) is 6.31. The van der Waals surface area contributed by atoms with Gasteiger partial charge in [-0.1, -0.05) is 0 Å². The van der Waals surface area contributed by atoms with Gasteiger partial charge in [-0.25, -0.2) is 0 Å². The molecule has 6 heteroatoms. The highest BCUT2D eigenvalue weighted by molar-refractivity contribution is 5.92. The number of benzene rings is 1. The van der Waals surface area contributed by atoms with Crippen LogP contribution < -0.4 is 20.1 Å². The molecule has 0 atom stereocenters. The summed E-state index contributed by atoms with van der Waals surface area (Å²) < 4.78 is 11.0. The zero-order valence-electron chi connectivity index (χ0n) is 14.8. The lowest BCUT2D eigenvalue weighted by atomic mass is 9.93. The van der Waals surface area contributed by atoms with Gasteiger partial charge >= 0.3 is 0 Å². The molecular formula is C18H29ClN2O3. The Morgan fingerprint density at radius 2 is 2.04 bits per heavy atom. The number of hydrogen-bond donors (Lipinski definition) is 2. The molecule has 136 valence electrons. The Morgan fingerprint density at radius 1 is 1.33 bits per heavy atom. The number of ether oxygens (including phenoxy) is 2. The molecule has 5 nitrogen and oxygen atoms in total. The van der Waals surface area contributed by atoms with Crippen molar-refractivity contribution in [2.24, 2.45) is 5.92 Å². The molecule has 0 spiro atoms. The predicted molar refractivity (Wildman–Crippen MR) is 99.5 cm³/mol. The van der Waals surface area contributed by atoms with Crippen molar-refractivity contribution >= 4 is 24.0 Å². The van der Waals surface area contributed by atoms with Gasteiger partial charge in [0.15, 0.2) is 0 Å². The number of halogens is 1. The third-order valence-corrected chi connectivity index (χ3v) is 4.06. The van der Waals surface area contributed by atoms with Crippen LogP contribution in [0.4, 0.5) is 5.69 Å². The van der Waals surface area contributed by atoms with Crippen LogP contribution in [0.3, 0.4) is 0 Å². The third-order valence-electron chi connectivity index (χ3n) is 4.06. The van der Waals surface area contributed by atoms with E-state index < -0.39 is 0 Å². The average Bonchev–Trinajstić information content (AvgIpc) is 2.55. The highest BCUT2D eigenvalue weighted by Crippen LogP contribution is 2.30. The maximum absolute atomic E-state index is 12.3. The summed E-state index contributed by atoms with van der Waals surface area (Å²) in [5.74, 6) is 2.06. The maximum atomic E-state index is 12.3. The van der Waals surface area contributed by atoms with Crippen molar-refractivity contribution < 1.29 is 14.3 Å². The van der Waals surface area contributed by atoms with E-state index in [1.807, 2.05) is 26.0 Å². The van der Waals surface area contributed by atoms with Gasteiger partial charge in [-0.05, 0) is 64.3 Å². The van der Waals surface area contributed by atoms with Crippen LogP contribution in [0, 0.1) is 5.92 Å². The number of amides is 1. The second kappa shape index (κ2) is 10.4. The Balaban J connectivity index is 0.00000288. The topological polar surface area (TPSA) is 59.6 Å². The normalized spacial score (nSPS) is 14.8. The van der Waals surface area contributed by atoms with Crippen molar-refractivity contribution in [2.75, 3.05) is 25.5 Å². The molecule has 1 aromatic carbocycles. The third kappa shape index (κ3) is 6.57. The number of methoxy groups -OCH3 is 1. The van der Waals surface area contributed by atoms with E-state index in [0.29, 0.717) is 29.5 Å². The molecule has 0 unspecified atom stereocenters. The van der Waals surface area contributed by atoms with E-state index in [0.717, 1.165) is 32.4 Å². The first kappa shape index (κ1) is 20.6. The second-order valence-corrected chi connectivity index (χ2v) is 6.31. The average molecular weight is 357 g/mol. The van der Waals surface area contributed by atoms with Gasteiger partial charge < -0.3 is 20.1 Å². The first-order valence-electron chi connectivity index (χ1n) is 8.43. The summed E-state index contributed by atoms with van der Waals surface area (Å²) in [7, 11) is 1.61. The van der Waals surface area contributed by atoms with Crippen LogP contribution in [0.1, 0.15) is 39.5 Å². The van der Waals surface area contributed by atoms with Crippen LogP contribution in [0.5, 0.6) is 11.5 Å². The van der Waals surface area contributed by atoms with E-state index in [-0.39, 0.29) is 24.4 Å². The number of nitrogens with one attached hydrogen (secondary N) is 2. The summed E-state index contributed by atoms with van der Waals surface area (Å²) in [4.78, 5) is 12.3. The van der Waals surface area contributed by atoms with Gasteiger partial charge in [-0.3, -0.25) is 4.79 Å². The molecule has 1 aromatic rings. The lowest BCUT2D eigenvalue weighted by Gasteiger charge is -2.22. The minimum absolute atomic E-state index is 0. The van der Waals surface area contributed by atoms with Crippen molar-refractivity contribution in [1.29, 1.82) is 0 Å². The fourth-order valence-electron chi connectivity index (χ4n) is 2.81. The van der Waals surface area contributed by atoms with E-state index in [1.54, 1.807) is 13.2 Å². The number of carbonyl (C=O) groups excluding carboxylic acids is 1. The largest absolute Gasteiger partial charge is 0.497 e. The predicted octanol–water partition coefficient (Wildman–Crippen LogP) is 3.62. The lowest BCUT2D eigenvalue weighted by molar-refractivity contribution is -0.116. The lowest BCUT2D eigenvalue weighted by Crippen LogP contribution is -2.28. The first-order valence-corrected chi connectivity index (χ1v) is 8.43. The van der Waals surface area contributed by atoms with Crippen LogP contribution in [-0.2, 0) is 4.79 Å². The summed E-state index contributed by atoms with van der Waals surface area (Å²) in [5.41, 5.74) is 0.674. The van der Waals surface area contributed by atoms with Gasteiger partial charge in [0.05, 0.1) is 18.9 Å². The maximum Gasteiger partial charge on any atom is 0.224 e. The molecule has 1 amide bonds. The first-order chi connectivity index (χ1) is 11.1. The molecule has 2 rings (SSSR count). The Labute approximate surface area is 150 Å². The highest BCUT2D eigenvalue weighted by atomic mass is 35.5. The van der Waals surface area contributed by atoms with E-state index >= 15 is 0 Å². The number of carbonyl (C=O) groups is 1. The molecule has 0 saturated carbocycles. The summed E-state index contributed by atoms with van der Waals surface area (Å²) in [6, 6.07) is 5.48.